The lowest BCUT2D eigenvalue weighted by Gasteiger charge is -2.16. The Morgan fingerprint density at radius 2 is 1.43 bits per heavy atom. The van der Waals surface area contributed by atoms with Crippen LogP contribution in [0.5, 0.6) is 11.5 Å². The number of aliphatic carboxylic acids is 1. The van der Waals surface area contributed by atoms with Gasteiger partial charge in [0.15, 0.2) is 0 Å². The van der Waals surface area contributed by atoms with E-state index in [9.17, 15) is 4.79 Å². The maximum atomic E-state index is 10.4. The number of carbonyl (C=O) groups is 1. The van der Waals surface area contributed by atoms with Crippen LogP contribution in [-0.4, -0.2) is 57.2 Å². The van der Waals surface area contributed by atoms with Crippen LogP contribution in [0.15, 0.2) is 48.5 Å². The minimum atomic E-state index is -1.02. The van der Waals surface area contributed by atoms with Crippen LogP contribution in [0.4, 0.5) is 0 Å². The van der Waals surface area contributed by atoms with E-state index in [-0.39, 0.29) is 30.6 Å². The monoisotopic (exact) mass is 390 g/mol. The average Bonchev–Trinajstić information content (AvgIpc) is 2.65. The van der Waals surface area contributed by atoms with Gasteiger partial charge in [-0.25, -0.2) is 0 Å². The molecule has 0 spiro atoms. The van der Waals surface area contributed by atoms with E-state index in [4.69, 9.17) is 31.2 Å². The Balaban J connectivity index is 0.000000283. The second-order valence-corrected chi connectivity index (χ2v) is 6.41. The normalized spacial score (nSPS) is 12.4. The van der Waals surface area contributed by atoms with Crippen molar-refractivity contribution in [2.24, 2.45) is 5.73 Å². The van der Waals surface area contributed by atoms with Crippen LogP contribution < -0.4 is 11.0 Å². The highest BCUT2D eigenvalue weighted by molar-refractivity contribution is 6.45. The molecule has 0 bridgehead atoms. The Bertz CT molecular complexity index is 709. The number of phenolic OH excluding ortho intramolecular Hbond substituents is 2. The summed E-state index contributed by atoms with van der Waals surface area (Å²) in [6, 6.07) is 12.0. The molecule has 0 aliphatic carbocycles. The molecule has 8 nitrogen and oxygen atoms in total. The average molecular weight is 390 g/mol. The molecule has 2 aromatic carbocycles. The Hall–Kier alpha value is -2.59. The molecule has 0 aromatic heterocycles. The second kappa shape index (κ2) is 12.0. The molecule has 0 fully saturated rings. The van der Waals surface area contributed by atoms with Crippen molar-refractivity contribution in [3.05, 3.63) is 59.7 Å². The first-order valence-corrected chi connectivity index (χ1v) is 8.80. The standard InChI is InChI=1S/C10H16BNO3.C9H11NO3/c1-11(15)12-9(7-13)6-8-2-4-10(14)5-3-8;10-8(9(12)13)5-6-1-3-7(11)4-2-6/h2-5,9,12-15H,6-7H2,1H3;1-4,8,11H,5,10H2,(H,12,13). The summed E-state index contributed by atoms with van der Waals surface area (Å²) in [5, 5.41) is 47.6. The van der Waals surface area contributed by atoms with E-state index in [1.165, 1.54) is 12.1 Å². The van der Waals surface area contributed by atoms with Crippen molar-refractivity contribution in [1.29, 1.82) is 0 Å². The van der Waals surface area contributed by atoms with Crippen molar-refractivity contribution in [2.75, 3.05) is 6.61 Å². The van der Waals surface area contributed by atoms with E-state index >= 15 is 0 Å². The van der Waals surface area contributed by atoms with Gasteiger partial charge in [-0.2, -0.15) is 0 Å². The van der Waals surface area contributed by atoms with Gasteiger partial charge in [0.25, 0.3) is 0 Å². The van der Waals surface area contributed by atoms with Crippen molar-refractivity contribution in [1.82, 2.24) is 5.23 Å². The number of aromatic hydroxyl groups is 2. The van der Waals surface area contributed by atoms with Crippen LogP contribution in [0.1, 0.15) is 11.1 Å². The van der Waals surface area contributed by atoms with Crippen LogP contribution in [0.25, 0.3) is 0 Å². The maximum absolute atomic E-state index is 10.4. The van der Waals surface area contributed by atoms with Gasteiger partial charge in [0, 0.05) is 6.04 Å². The Morgan fingerprint density at radius 3 is 1.79 bits per heavy atom. The van der Waals surface area contributed by atoms with Gasteiger partial charge in [0.05, 0.1) is 6.61 Å². The number of nitrogens with one attached hydrogen (secondary N) is 1. The molecule has 0 heterocycles. The van der Waals surface area contributed by atoms with Crippen molar-refractivity contribution in [3.8, 4) is 11.5 Å². The predicted molar refractivity (Wildman–Crippen MR) is 107 cm³/mol. The number of hydrogen-bond acceptors (Lipinski definition) is 7. The fraction of sp³-hybridized carbons (Fsp3) is 0.316. The van der Waals surface area contributed by atoms with E-state index in [0.717, 1.165) is 11.1 Å². The van der Waals surface area contributed by atoms with Gasteiger partial charge >= 0.3 is 13.0 Å². The highest BCUT2D eigenvalue weighted by Crippen LogP contribution is 2.11. The summed E-state index contributed by atoms with van der Waals surface area (Å²) >= 11 is 0. The van der Waals surface area contributed by atoms with Gasteiger partial charge in [0.2, 0.25) is 0 Å². The maximum Gasteiger partial charge on any atom is 0.373 e. The largest absolute Gasteiger partial charge is 0.508 e. The quantitative estimate of drug-likeness (QED) is 0.318. The van der Waals surface area contributed by atoms with Gasteiger partial charge in [-0.05, 0) is 55.1 Å². The summed E-state index contributed by atoms with van der Waals surface area (Å²) in [7, 11) is -0.640. The van der Waals surface area contributed by atoms with Crippen LogP contribution in [0, 0.1) is 0 Å². The first-order chi connectivity index (χ1) is 13.2. The van der Waals surface area contributed by atoms with Crippen LogP contribution in [-0.2, 0) is 17.6 Å². The second-order valence-electron chi connectivity index (χ2n) is 6.41. The van der Waals surface area contributed by atoms with Crippen molar-refractivity contribution in [2.45, 2.75) is 31.7 Å². The number of phenols is 2. The highest BCUT2D eigenvalue weighted by atomic mass is 16.4. The van der Waals surface area contributed by atoms with Crippen LogP contribution >= 0.6 is 0 Å². The first kappa shape index (κ1) is 23.5. The summed E-state index contributed by atoms with van der Waals surface area (Å²) in [4.78, 5) is 10.4. The Morgan fingerprint density at radius 1 is 1.00 bits per heavy atom. The predicted octanol–water partition coefficient (Wildman–Crippen LogP) is 0.342. The molecule has 0 aliphatic heterocycles. The molecule has 0 amide bonds. The van der Waals surface area contributed by atoms with Gasteiger partial charge < -0.3 is 36.4 Å². The smallest absolute Gasteiger partial charge is 0.373 e. The Kier molecular flexibility index (Phi) is 10.0. The summed E-state index contributed by atoms with van der Waals surface area (Å²) in [5.41, 5.74) is 7.12. The molecule has 2 aromatic rings. The number of hydrogen-bond donors (Lipinski definition) is 7. The number of aliphatic hydroxyl groups excluding tert-OH is 1. The van der Waals surface area contributed by atoms with Crippen LogP contribution in [0.2, 0.25) is 6.82 Å². The van der Waals surface area contributed by atoms with Crippen LogP contribution in [0.3, 0.4) is 0 Å². The number of aliphatic hydroxyl groups is 1. The van der Waals surface area contributed by atoms with Gasteiger partial charge in [0.1, 0.15) is 17.5 Å². The van der Waals surface area contributed by atoms with E-state index in [1.807, 2.05) is 0 Å². The van der Waals surface area contributed by atoms with Gasteiger partial charge in [-0.15, -0.1) is 0 Å². The van der Waals surface area contributed by atoms with E-state index in [0.29, 0.717) is 6.42 Å². The molecule has 0 saturated heterocycles. The molecule has 2 atom stereocenters. The molecule has 0 aliphatic rings. The minimum absolute atomic E-state index is 0.0359. The molecule has 152 valence electrons. The van der Waals surface area contributed by atoms with E-state index < -0.39 is 19.1 Å². The van der Waals surface area contributed by atoms with Crippen molar-refractivity contribution < 1.29 is 30.2 Å². The molecule has 2 rings (SSSR count). The summed E-state index contributed by atoms with van der Waals surface area (Å²) in [5.74, 6) is -0.636. The number of carboxylic acids is 1. The molecule has 9 heteroatoms. The van der Waals surface area contributed by atoms with Crippen molar-refractivity contribution >= 4 is 13.0 Å². The number of carboxylic acid groups (broad SMARTS) is 1. The van der Waals surface area contributed by atoms with E-state index in [2.05, 4.69) is 5.23 Å². The minimum Gasteiger partial charge on any atom is -0.508 e. The molecular weight excluding hydrogens is 363 g/mol. The molecule has 0 saturated carbocycles. The number of rotatable bonds is 8. The first-order valence-electron chi connectivity index (χ1n) is 8.80. The number of nitrogens with two attached hydrogens (primary N) is 1. The molecule has 28 heavy (non-hydrogen) atoms. The fourth-order valence-corrected chi connectivity index (χ4v) is 2.41. The molecule has 2 unspecified atom stereocenters. The highest BCUT2D eigenvalue weighted by Gasteiger charge is 2.13. The third-order valence-corrected chi connectivity index (χ3v) is 3.82. The van der Waals surface area contributed by atoms with Gasteiger partial charge in [-0.1, -0.05) is 24.3 Å². The summed E-state index contributed by atoms with van der Waals surface area (Å²) in [6.45, 7) is 1.57. The summed E-state index contributed by atoms with van der Waals surface area (Å²) < 4.78 is 0. The Labute approximate surface area is 164 Å². The zero-order valence-corrected chi connectivity index (χ0v) is 15.7. The zero-order chi connectivity index (χ0) is 21.1. The third-order valence-electron chi connectivity index (χ3n) is 3.82. The lowest BCUT2D eigenvalue weighted by Crippen LogP contribution is -2.43. The lowest BCUT2D eigenvalue weighted by molar-refractivity contribution is -0.138. The lowest BCUT2D eigenvalue weighted by atomic mass is 9.86. The fourth-order valence-electron chi connectivity index (χ4n) is 2.41. The number of benzene rings is 2. The molecule has 0 radical (unpaired) electrons. The van der Waals surface area contributed by atoms with Crippen molar-refractivity contribution in [3.63, 3.8) is 0 Å². The SMILES string of the molecule is CB(O)NC(CO)Cc1ccc(O)cc1.NC(Cc1ccc(O)cc1)C(=O)O. The summed E-state index contributed by atoms with van der Waals surface area (Å²) in [6.07, 6.45) is 0.886. The molecule has 8 N–H and O–H groups in total. The molecular formula is C19H27BN2O6. The topological polar surface area (TPSA) is 156 Å². The third kappa shape index (κ3) is 9.38. The van der Waals surface area contributed by atoms with E-state index in [1.54, 1.807) is 43.2 Å². The van der Waals surface area contributed by atoms with Gasteiger partial charge in [-0.3, -0.25) is 4.79 Å². The zero-order valence-electron chi connectivity index (χ0n) is 15.7.